The van der Waals surface area contributed by atoms with Crippen LogP contribution < -0.4 is 0 Å². The normalized spacial score (nSPS) is 14.9. The van der Waals surface area contributed by atoms with Crippen molar-refractivity contribution in [2.45, 2.75) is 32.6 Å². The van der Waals surface area contributed by atoms with Gasteiger partial charge in [0.05, 0.1) is 5.57 Å². The Hall–Kier alpha value is -2.03. The van der Waals surface area contributed by atoms with Crippen molar-refractivity contribution in [3.63, 3.8) is 0 Å². The average Bonchev–Trinajstić information content (AvgIpc) is 2.46. The molecular formula is C16H19NO2. The van der Waals surface area contributed by atoms with Crippen molar-refractivity contribution in [2.24, 2.45) is 0 Å². The predicted octanol–water partition coefficient (Wildman–Crippen LogP) is 3.37. The zero-order valence-corrected chi connectivity index (χ0v) is 11.1. The number of nitrogens with zero attached hydrogens (tertiary/aromatic N) is 1. The molecule has 0 aromatic carbocycles. The summed E-state index contributed by atoms with van der Waals surface area (Å²) in [6.45, 7) is 2.03. The summed E-state index contributed by atoms with van der Waals surface area (Å²) in [5, 5.41) is 0. The summed E-state index contributed by atoms with van der Waals surface area (Å²) >= 11 is 0. The molecule has 3 heteroatoms. The van der Waals surface area contributed by atoms with Gasteiger partial charge in [-0.1, -0.05) is 19.4 Å². The third-order valence-electron chi connectivity index (χ3n) is 3.18. The van der Waals surface area contributed by atoms with Gasteiger partial charge in [0, 0.05) is 26.7 Å². The molecule has 0 atom stereocenters. The van der Waals surface area contributed by atoms with Crippen LogP contribution in [-0.2, 0) is 9.59 Å². The molecule has 100 valence electrons. The fraction of sp³-hybridized carbons (Fsp3) is 0.312. The molecule has 1 aromatic heterocycles. The van der Waals surface area contributed by atoms with E-state index in [9.17, 15) is 9.59 Å². The van der Waals surface area contributed by atoms with Gasteiger partial charge in [-0.2, -0.15) is 0 Å². The Kier molecular flexibility index (Phi) is 4.39. The number of carbonyl (C=O) groups is 2. The molecule has 0 unspecified atom stereocenters. The smallest absolute Gasteiger partial charge is 0.170 e. The Morgan fingerprint density at radius 3 is 2.79 bits per heavy atom. The number of hydrogen-bond acceptors (Lipinski definition) is 3. The summed E-state index contributed by atoms with van der Waals surface area (Å²) in [5.41, 5.74) is 2.27. The van der Waals surface area contributed by atoms with Gasteiger partial charge < -0.3 is 0 Å². The highest BCUT2D eigenvalue weighted by Gasteiger charge is 2.20. The number of hydrogen-bond donors (Lipinski definition) is 0. The molecule has 0 aliphatic heterocycles. The lowest BCUT2D eigenvalue weighted by atomic mass is 9.90. The SMILES string of the molecule is CCCCC(=O)C1=CC(c2ccncc2)=CCC1=O.[HH]. The van der Waals surface area contributed by atoms with Gasteiger partial charge in [-0.15, -0.1) is 0 Å². The predicted molar refractivity (Wildman–Crippen MR) is 76.6 cm³/mol. The van der Waals surface area contributed by atoms with E-state index in [0.29, 0.717) is 18.4 Å². The number of pyridine rings is 1. The largest absolute Gasteiger partial charge is 0.294 e. The first-order valence-electron chi connectivity index (χ1n) is 6.61. The summed E-state index contributed by atoms with van der Waals surface area (Å²) in [5.74, 6) is -0.106. The van der Waals surface area contributed by atoms with Gasteiger partial charge in [0.15, 0.2) is 11.6 Å². The summed E-state index contributed by atoms with van der Waals surface area (Å²) in [6, 6.07) is 3.76. The Labute approximate surface area is 114 Å². The first-order valence-corrected chi connectivity index (χ1v) is 6.61. The minimum absolute atomic E-state index is 0. The number of ketones is 2. The second kappa shape index (κ2) is 6.23. The maximum absolute atomic E-state index is 12.0. The van der Waals surface area contributed by atoms with Crippen LogP contribution in [0.25, 0.3) is 5.57 Å². The third kappa shape index (κ3) is 3.25. The summed E-state index contributed by atoms with van der Waals surface area (Å²) in [7, 11) is 0. The third-order valence-corrected chi connectivity index (χ3v) is 3.18. The zero-order chi connectivity index (χ0) is 13.7. The minimum Gasteiger partial charge on any atom is -0.294 e. The first-order chi connectivity index (χ1) is 9.22. The fourth-order valence-electron chi connectivity index (χ4n) is 2.06. The van der Waals surface area contributed by atoms with Crippen LogP contribution in [0.5, 0.6) is 0 Å². The van der Waals surface area contributed by atoms with E-state index in [2.05, 4.69) is 4.98 Å². The van der Waals surface area contributed by atoms with Crippen LogP contribution in [-0.4, -0.2) is 16.6 Å². The average molecular weight is 257 g/mol. The highest BCUT2D eigenvalue weighted by molar-refractivity contribution is 6.23. The standard InChI is InChI=1S/C16H17NO2.H2/c1-2-3-4-15(18)14-11-13(5-6-16(14)19)12-7-9-17-10-8-12;/h5,7-11H,2-4,6H2,1H3;1H. The van der Waals surface area contributed by atoms with Gasteiger partial charge in [0.25, 0.3) is 0 Å². The molecule has 0 saturated heterocycles. The molecule has 1 aromatic rings. The van der Waals surface area contributed by atoms with Gasteiger partial charge in [-0.05, 0) is 35.8 Å². The van der Waals surface area contributed by atoms with Crippen molar-refractivity contribution in [2.75, 3.05) is 0 Å². The van der Waals surface area contributed by atoms with E-state index in [1.165, 1.54) is 0 Å². The number of Topliss-reactive ketones (excluding diaryl/α,β-unsaturated/α-hetero) is 2. The first kappa shape index (κ1) is 13.4. The maximum Gasteiger partial charge on any atom is 0.170 e. The van der Waals surface area contributed by atoms with Crippen LogP contribution in [0.3, 0.4) is 0 Å². The molecule has 3 nitrogen and oxygen atoms in total. The van der Waals surface area contributed by atoms with Gasteiger partial charge in [-0.3, -0.25) is 14.6 Å². The molecule has 1 aliphatic carbocycles. The molecule has 19 heavy (non-hydrogen) atoms. The topological polar surface area (TPSA) is 47.0 Å². The van der Waals surface area contributed by atoms with Crippen molar-refractivity contribution in [3.05, 3.63) is 47.8 Å². The number of allylic oxidation sites excluding steroid dienone is 4. The number of carbonyl (C=O) groups excluding carboxylic acids is 2. The van der Waals surface area contributed by atoms with Gasteiger partial charge in [0.2, 0.25) is 0 Å². The number of rotatable bonds is 5. The van der Waals surface area contributed by atoms with Crippen LogP contribution in [0.2, 0.25) is 0 Å². The van der Waals surface area contributed by atoms with Gasteiger partial charge in [-0.25, -0.2) is 0 Å². The fourth-order valence-corrected chi connectivity index (χ4v) is 2.06. The Balaban J connectivity index is 0.00000200. The van der Waals surface area contributed by atoms with Crippen LogP contribution in [0.15, 0.2) is 42.3 Å². The molecule has 0 amide bonds. The molecule has 1 heterocycles. The van der Waals surface area contributed by atoms with Crippen molar-refractivity contribution in [3.8, 4) is 0 Å². The van der Waals surface area contributed by atoms with Crippen LogP contribution in [0, 0.1) is 0 Å². The van der Waals surface area contributed by atoms with E-state index < -0.39 is 0 Å². The van der Waals surface area contributed by atoms with Crippen LogP contribution >= 0.6 is 0 Å². The number of unbranched alkanes of at least 4 members (excludes halogenated alkanes) is 1. The highest BCUT2D eigenvalue weighted by Crippen LogP contribution is 2.24. The Bertz CT molecular complexity index is 547. The molecule has 0 N–H and O–H groups in total. The van der Waals surface area contributed by atoms with E-state index in [0.717, 1.165) is 24.0 Å². The van der Waals surface area contributed by atoms with Crippen LogP contribution in [0.1, 0.15) is 39.6 Å². The lowest BCUT2D eigenvalue weighted by molar-refractivity contribution is -0.121. The number of aromatic nitrogens is 1. The lowest BCUT2D eigenvalue weighted by Crippen LogP contribution is -2.15. The molecule has 0 fully saturated rings. The van der Waals surface area contributed by atoms with Crippen molar-refractivity contribution in [1.29, 1.82) is 0 Å². The van der Waals surface area contributed by atoms with Crippen molar-refractivity contribution < 1.29 is 11.0 Å². The quantitative estimate of drug-likeness (QED) is 0.760. The monoisotopic (exact) mass is 257 g/mol. The van der Waals surface area contributed by atoms with E-state index in [4.69, 9.17) is 0 Å². The highest BCUT2D eigenvalue weighted by atomic mass is 16.1. The molecule has 0 radical (unpaired) electrons. The molecule has 2 rings (SSSR count). The second-order valence-corrected chi connectivity index (χ2v) is 4.61. The van der Waals surface area contributed by atoms with Crippen molar-refractivity contribution >= 4 is 17.1 Å². The Morgan fingerprint density at radius 1 is 1.37 bits per heavy atom. The zero-order valence-electron chi connectivity index (χ0n) is 11.1. The molecule has 1 aliphatic rings. The van der Waals surface area contributed by atoms with E-state index in [1.54, 1.807) is 18.5 Å². The van der Waals surface area contributed by atoms with Crippen LogP contribution in [0.4, 0.5) is 0 Å². The molecule has 0 spiro atoms. The minimum atomic E-state index is -0.0705. The molecular weight excluding hydrogens is 238 g/mol. The maximum atomic E-state index is 12.0. The lowest BCUT2D eigenvalue weighted by Gasteiger charge is -2.12. The van der Waals surface area contributed by atoms with E-state index in [-0.39, 0.29) is 13.0 Å². The summed E-state index contributed by atoms with van der Waals surface area (Å²) in [6.07, 6.45) is 9.56. The summed E-state index contributed by atoms with van der Waals surface area (Å²) in [4.78, 5) is 27.8. The van der Waals surface area contributed by atoms with Gasteiger partial charge >= 0.3 is 0 Å². The summed E-state index contributed by atoms with van der Waals surface area (Å²) < 4.78 is 0. The molecule has 0 bridgehead atoms. The molecule has 0 saturated carbocycles. The van der Waals surface area contributed by atoms with Crippen molar-refractivity contribution in [1.82, 2.24) is 4.98 Å². The Morgan fingerprint density at radius 2 is 2.11 bits per heavy atom. The van der Waals surface area contributed by atoms with E-state index >= 15 is 0 Å². The van der Waals surface area contributed by atoms with E-state index in [1.807, 2.05) is 25.1 Å². The second-order valence-electron chi connectivity index (χ2n) is 4.61. The van der Waals surface area contributed by atoms with Gasteiger partial charge in [0.1, 0.15) is 0 Å².